The largest absolute Gasteiger partial charge is 0.368 e. The molecule has 3 rings (SSSR count). The molecular weight excluding hydrogens is 316 g/mol. The smallest absolute Gasteiger partial charge is 0.261 e. The van der Waals surface area contributed by atoms with Crippen LogP contribution >= 0.6 is 0 Å². The average molecular weight is 332 g/mol. The van der Waals surface area contributed by atoms with Crippen LogP contribution in [0.25, 0.3) is 0 Å². The number of hydrogen-bond donors (Lipinski definition) is 2. The van der Waals surface area contributed by atoms with Crippen molar-refractivity contribution in [3.05, 3.63) is 54.1 Å². The highest BCUT2D eigenvalue weighted by molar-refractivity contribution is 7.92. The maximum Gasteiger partial charge on any atom is 0.261 e. The maximum atomic E-state index is 12.3. The van der Waals surface area contributed by atoms with Gasteiger partial charge in [-0.25, -0.2) is 8.42 Å². The van der Waals surface area contributed by atoms with Crippen LogP contribution in [0.3, 0.4) is 0 Å². The van der Waals surface area contributed by atoms with E-state index in [1.807, 2.05) is 12.1 Å². The molecule has 0 aliphatic carbocycles. The highest BCUT2D eigenvalue weighted by atomic mass is 32.2. The molecule has 0 bridgehead atoms. The first kappa shape index (κ1) is 15.5. The number of ether oxygens (including phenoxy) is 1. The fraction of sp³-hybridized carbons (Fsp3) is 0.188. The van der Waals surface area contributed by atoms with E-state index in [9.17, 15) is 13.2 Å². The van der Waals surface area contributed by atoms with Gasteiger partial charge in [-0.15, -0.1) is 0 Å². The summed E-state index contributed by atoms with van der Waals surface area (Å²) >= 11 is 0. The fourth-order valence-corrected chi connectivity index (χ4v) is 3.20. The Balaban J connectivity index is 1.73. The summed E-state index contributed by atoms with van der Waals surface area (Å²) in [4.78, 5) is 11.1. The number of rotatable bonds is 5. The molecule has 2 aromatic rings. The number of hydrogen-bond acceptors (Lipinski definition) is 4. The van der Waals surface area contributed by atoms with Gasteiger partial charge in [0.25, 0.3) is 10.0 Å². The summed E-state index contributed by atoms with van der Waals surface area (Å²) in [7, 11) is -3.67. The molecule has 6 nitrogen and oxygen atoms in total. The van der Waals surface area contributed by atoms with Crippen molar-refractivity contribution in [3.8, 4) is 0 Å². The van der Waals surface area contributed by atoms with E-state index in [2.05, 4.69) is 10.0 Å². The van der Waals surface area contributed by atoms with Crippen LogP contribution in [0.5, 0.6) is 0 Å². The van der Waals surface area contributed by atoms with Gasteiger partial charge >= 0.3 is 0 Å². The highest BCUT2D eigenvalue weighted by Gasteiger charge is 2.24. The first-order valence-corrected chi connectivity index (χ1v) is 8.54. The summed E-state index contributed by atoms with van der Waals surface area (Å²) in [5.74, 6) is -0.210. The minimum atomic E-state index is -3.67. The van der Waals surface area contributed by atoms with Gasteiger partial charge in [0, 0.05) is 18.3 Å². The molecule has 1 aliphatic heterocycles. The molecule has 0 spiro atoms. The minimum absolute atomic E-state index is 0.126. The van der Waals surface area contributed by atoms with Crippen LogP contribution in [0.2, 0.25) is 0 Å². The lowest BCUT2D eigenvalue weighted by Gasteiger charge is -2.09. The van der Waals surface area contributed by atoms with Gasteiger partial charge in [-0.2, -0.15) is 0 Å². The van der Waals surface area contributed by atoms with Gasteiger partial charge in [0.1, 0.15) is 6.10 Å². The van der Waals surface area contributed by atoms with Crippen molar-refractivity contribution in [3.63, 3.8) is 0 Å². The van der Waals surface area contributed by atoms with Gasteiger partial charge < -0.3 is 10.1 Å². The van der Waals surface area contributed by atoms with Crippen LogP contribution in [0, 0.1) is 0 Å². The van der Waals surface area contributed by atoms with Crippen molar-refractivity contribution in [1.82, 2.24) is 0 Å². The van der Waals surface area contributed by atoms with Gasteiger partial charge in [-0.05, 0) is 42.0 Å². The lowest BCUT2D eigenvalue weighted by Crippen LogP contribution is -2.13. The van der Waals surface area contributed by atoms with Gasteiger partial charge in [0.2, 0.25) is 5.91 Å². The monoisotopic (exact) mass is 332 g/mol. The molecule has 2 aromatic carbocycles. The molecule has 1 aliphatic rings. The summed E-state index contributed by atoms with van der Waals surface area (Å²) in [6.45, 7) is 2.11. The van der Waals surface area contributed by atoms with Crippen molar-refractivity contribution in [1.29, 1.82) is 0 Å². The normalized spacial score (nSPS) is 16.7. The Kier molecular flexibility index (Phi) is 4.06. The van der Waals surface area contributed by atoms with Gasteiger partial charge in [0.15, 0.2) is 0 Å². The Hall–Kier alpha value is -2.38. The van der Waals surface area contributed by atoms with Crippen molar-refractivity contribution < 1.29 is 17.9 Å². The van der Waals surface area contributed by atoms with E-state index in [1.54, 1.807) is 24.3 Å². The second-order valence-electron chi connectivity index (χ2n) is 5.26. The van der Waals surface area contributed by atoms with E-state index in [1.165, 1.54) is 19.1 Å². The number of benzene rings is 2. The van der Waals surface area contributed by atoms with E-state index < -0.39 is 10.0 Å². The number of sulfonamides is 1. The molecule has 1 fully saturated rings. The van der Waals surface area contributed by atoms with Crippen LogP contribution < -0.4 is 10.0 Å². The maximum absolute atomic E-state index is 12.3. The quantitative estimate of drug-likeness (QED) is 0.824. The predicted octanol–water partition coefficient (Wildman–Crippen LogP) is 2.52. The zero-order valence-corrected chi connectivity index (χ0v) is 13.3. The molecule has 1 saturated heterocycles. The summed E-state index contributed by atoms with van der Waals surface area (Å²) in [5, 5.41) is 2.59. The molecule has 0 radical (unpaired) electrons. The van der Waals surface area contributed by atoms with Gasteiger partial charge in [-0.1, -0.05) is 12.1 Å². The summed E-state index contributed by atoms with van der Waals surface area (Å²) in [6, 6.07) is 13.1. The molecule has 1 unspecified atom stereocenters. The van der Waals surface area contributed by atoms with Crippen LogP contribution in [0.4, 0.5) is 11.4 Å². The number of carbonyl (C=O) groups excluding carboxylic acids is 1. The second-order valence-corrected chi connectivity index (χ2v) is 6.94. The molecule has 1 atom stereocenters. The first-order valence-electron chi connectivity index (χ1n) is 7.06. The summed E-state index contributed by atoms with van der Waals surface area (Å²) in [6.07, 6.45) is 0.141. The van der Waals surface area contributed by atoms with Crippen LogP contribution in [-0.2, 0) is 19.6 Å². The van der Waals surface area contributed by atoms with Crippen molar-refractivity contribution in [2.75, 3.05) is 16.6 Å². The zero-order valence-electron chi connectivity index (χ0n) is 12.4. The van der Waals surface area contributed by atoms with E-state index >= 15 is 0 Å². The van der Waals surface area contributed by atoms with Crippen molar-refractivity contribution in [2.24, 2.45) is 0 Å². The first-order chi connectivity index (χ1) is 10.9. The molecular formula is C16H16N2O4S. The third-order valence-corrected chi connectivity index (χ3v) is 4.75. The highest BCUT2D eigenvalue weighted by Crippen LogP contribution is 2.30. The molecule has 0 aromatic heterocycles. The third kappa shape index (κ3) is 3.88. The standard InChI is InChI=1S/C16H16N2O4S/c1-11(19)17-13-6-8-15(9-7-13)23(20,21)18-14-4-2-12(3-5-14)16-10-22-16/h2-9,16,18H,10H2,1H3,(H,17,19). The SMILES string of the molecule is CC(=O)Nc1ccc(S(=O)(=O)Nc2ccc(C3CO3)cc2)cc1. The Bertz CT molecular complexity index is 810. The van der Waals surface area contributed by atoms with Crippen LogP contribution in [-0.4, -0.2) is 20.9 Å². The van der Waals surface area contributed by atoms with E-state index in [4.69, 9.17) is 4.74 Å². The molecule has 2 N–H and O–H groups in total. The van der Waals surface area contributed by atoms with Gasteiger partial charge in [0.05, 0.1) is 11.5 Å². The average Bonchev–Trinajstić information content (AvgIpc) is 3.32. The number of amides is 1. The lowest BCUT2D eigenvalue weighted by molar-refractivity contribution is -0.114. The molecule has 7 heteroatoms. The number of nitrogens with one attached hydrogen (secondary N) is 2. The molecule has 1 amide bonds. The Morgan fingerprint density at radius 2 is 1.61 bits per heavy atom. The molecule has 120 valence electrons. The predicted molar refractivity (Wildman–Crippen MR) is 86.7 cm³/mol. The van der Waals surface area contributed by atoms with Gasteiger partial charge in [-0.3, -0.25) is 9.52 Å². The van der Waals surface area contributed by atoms with Crippen molar-refractivity contribution in [2.45, 2.75) is 17.9 Å². The summed E-state index contributed by atoms with van der Waals surface area (Å²) < 4.78 is 32.4. The number of carbonyl (C=O) groups is 1. The third-order valence-electron chi connectivity index (χ3n) is 3.35. The van der Waals surface area contributed by atoms with E-state index in [0.717, 1.165) is 5.56 Å². The number of anilines is 2. The Labute approximate surface area is 134 Å². The van der Waals surface area contributed by atoms with E-state index in [-0.39, 0.29) is 16.9 Å². The van der Waals surface area contributed by atoms with Crippen LogP contribution in [0.15, 0.2) is 53.4 Å². The molecule has 0 saturated carbocycles. The lowest BCUT2D eigenvalue weighted by atomic mass is 10.1. The molecule has 23 heavy (non-hydrogen) atoms. The van der Waals surface area contributed by atoms with Crippen LogP contribution in [0.1, 0.15) is 18.6 Å². The Morgan fingerprint density at radius 1 is 1.04 bits per heavy atom. The Morgan fingerprint density at radius 3 is 2.13 bits per heavy atom. The van der Waals surface area contributed by atoms with E-state index in [0.29, 0.717) is 18.0 Å². The van der Waals surface area contributed by atoms with Crippen molar-refractivity contribution >= 4 is 27.3 Å². The zero-order chi connectivity index (χ0) is 16.4. The second kappa shape index (κ2) is 6.02. The number of epoxide rings is 1. The topological polar surface area (TPSA) is 87.8 Å². The molecule has 1 heterocycles. The summed E-state index contributed by atoms with van der Waals surface area (Å²) in [5.41, 5.74) is 2.07. The minimum Gasteiger partial charge on any atom is -0.368 e. The fourth-order valence-electron chi connectivity index (χ4n) is 2.14.